The van der Waals surface area contributed by atoms with Gasteiger partial charge < -0.3 is 10.4 Å². The molecular weight excluding hydrogens is 251 g/mol. The van der Waals surface area contributed by atoms with E-state index in [1.54, 1.807) is 24.9 Å². The standard InChI is InChI=1S/C13H17FN2O3/c1-9(13(18)19)7-16(2)8-12(17)15-11-5-3-4-10(14)6-11/h3-6,9H,7-8H2,1-2H3,(H,15,17)(H,18,19). The number of hydrogen-bond donors (Lipinski definition) is 2. The summed E-state index contributed by atoms with van der Waals surface area (Å²) in [5.41, 5.74) is 0.379. The molecule has 1 aromatic rings. The molecule has 0 aliphatic carbocycles. The second kappa shape index (κ2) is 6.84. The molecule has 5 nitrogen and oxygen atoms in total. The molecule has 1 rings (SSSR count). The largest absolute Gasteiger partial charge is 0.481 e. The number of aliphatic carboxylic acids is 1. The molecule has 0 bridgehead atoms. The first-order chi connectivity index (χ1) is 8.88. The summed E-state index contributed by atoms with van der Waals surface area (Å²) in [6.07, 6.45) is 0. The summed E-state index contributed by atoms with van der Waals surface area (Å²) in [5, 5.41) is 11.3. The third-order valence-corrected chi connectivity index (χ3v) is 2.53. The highest BCUT2D eigenvalue weighted by atomic mass is 19.1. The van der Waals surface area contributed by atoms with Crippen LogP contribution in [0, 0.1) is 11.7 Å². The van der Waals surface area contributed by atoms with Crippen LogP contribution in [0.1, 0.15) is 6.92 Å². The zero-order valence-corrected chi connectivity index (χ0v) is 10.9. The Balaban J connectivity index is 2.45. The number of anilines is 1. The van der Waals surface area contributed by atoms with Crippen molar-refractivity contribution in [2.24, 2.45) is 5.92 Å². The Kier molecular flexibility index (Phi) is 5.44. The van der Waals surface area contributed by atoms with Crippen molar-refractivity contribution in [2.45, 2.75) is 6.92 Å². The van der Waals surface area contributed by atoms with Crippen LogP contribution >= 0.6 is 0 Å². The van der Waals surface area contributed by atoms with Crippen LogP contribution in [0.5, 0.6) is 0 Å². The molecule has 0 fully saturated rings. The van der Waals surface area contributed by atoms with Crippen LogP contribution in [-0.2, 0) is 9.59 Å². The fraction of sp³-hybridized carbons (Fsp3) is 0.385. The zero-order valence-electron chi connectivity index (χ0n) is 10.9. The number of likely N-dealkylation sites (N-methyl/N-ethyl adjacent to an activating group) is 1. The number of halogens is 1. The maximum Gasteiger partial charge on any atom is 0.307 e. The summed E-state index contributed by atoms with van der Waals surface area (Å²) in [6, 6.07) is 5.59. The van der Waals surface area contributed by atoms with E-state index in [2.05, 4.69) is 5.32 Å². The minimum Gasteiger partial charge on any atom is -0.481 e. The summed E-state index contributed by atoms with van der Waals surface area (Å²) >= 11 is 0. The predicted molar refractivity (Wildman–Crippen MR) is 69.3 cm³/mol. The van der Waals surface area contributed by atoms with Gasteiger partial charge in [0, 0.05) is 12.2 Å². The third kappa shape index (κ3) is 5.48. The molecular formula is C13H17FN2O3. The van der Waals surface area contributed by atoms with Crippen LogP contribution in [0.3, 0.4) is 0 Å². The number of carbonyl (C=O) groups is 2. The molecule has 1 aromatic carbocycles. The molecule has 0 aliphatic rings. The van der Waals surface area contributed by atoms with Crippen LogP contribution in [0.15, 0.2) is 24.3 Å². The van der Waals surface area contributed by atoms with Crippen molar-refractivity contribution in [2.75, 3.05) is 25.5 Å². The molecule has 1 unspecified atom stereocenters. The molecule has 6 heteroatoms. The first-order valence-corrected chi connectivity index (χ1v) is 5.85. The summed E-state index contributed by atoms with van der Waals surface area (Å²) in [4.78, 5) is 23.9. The lowest BCUT2D eigenvalue weighted by atomic mass is 10.2. The molecule has 19 heavy (non-hydrogen) atoms. The predicted octanol–water partition coefficient (Wildman–Crippen LogP) is 1.42. The highest BCUT2D eigenvalue weighted by Crippen LogP contribution is 2.09. The molecule has 2 N–H and O–H groups in total. The maximum atomic E-state index is 12.9. The SMILES string of the molecule is CC(CN(C)CC(=O)Nc1cccc(F)c1)C(=O)O. The summed E-state index contributed by atoms with van der Waals surface area (Å²) < 4.78 is 12.9. The average Bonchev–Trinajstić information content (AvgIpc) is 2.27. The van der Waals surface area contributed by atoms with Gasteiger partial charge >= 0.3 is 5.97 Å². The van der Waals surface area contributed by atoms with Gasteiger partial charge in [0.05, 0.1) is 12.5 Å². The Labute approximate surface area is 111 Å². The highest BCUT2D eigenvalue weighted by molar-refractivity contribution is 5.92. The summed E-state index contributed by atoms with van der Waals surface area (Å²) in [7, 11) is 1.66. The molecule has 0 saturated carbocycles. The van der Waals surface area contributed by atoms with Gasteiger partial charge in [0.2, 0.25) is 5.91 Å². The average molecular weight is 268 g/mol. The first kappa shape index (κ1) is 15.1. The second-order valence-electron chi connectivity index (χ2n) is 4.49. The van der Waals surface area contributed by atoms with Gasteiger partial charge in [-0.15, -0.1) is 0 Å². The van der Waals surface area contributed by atoms with Crippen molar-refractivity contribution in [3.05, 3.63) is 30.1 Å². The van der Waals surface area contributed by atoms with E-state index >= 15 is 0 Å². The lowest BCUT2D eigenvalue weighted by Gasteiger charge is -2.18. The van der Waals surface area contributed by atoms with E-state index in [-0.39, 0.29) is 19.0 Å². The molecule has 0 aliphatic heterocycles. The van der Waals surface area contributed by atoms with Crippen molar-refractivity contribution in [1.29, 1.82) is 0 Å². The normalized spacial score (nSPS) is 12.2. The minimum atomic E-state index is -0.905. The Morgan fingerprint density at radius 2 is 2.16 bits per heavy atom. The molecule has 0 saturated heterocycles. The Morgan fingerprint density at radius 3 is 2.74 bits per heavy atom. The van der Waals surface area contributed by atoms with Crippen molar-refractivity contribution in [1.82, 2.24) is 4.90 Å². The second-order valence-corrected chi connectivity index (χ2v) is 4.49. The van der Waals surface area contributed by atoms with Crippen LogP contribution in [0.4, 0.5) is 10.1 Å². The molecule has 0 heterocycles. The smallest absolute Gasteiger partial charge is 0.307 e. The molecule has 1 atom stereocenters. The lowest BCUT2D eigenvalue weighted by molar-refractivity contribution is -0.141. The van der Waals surface area contributed by atoms with E-state index in [1.807, 2.05) is 0 Å². The number of benzene rings is 1. The molecule has 1 amide bonds. The van der Waals surface area contributed by atoms with Crippen molar-refractivity contribution >= 4 is 17.6 Å². The van der Waals surface area contributed by atoms with E-state index < -0.39 is 17.7 Å². The van der Waals surface area contributed by atoms with Crippen molar-refractivity contribution in [3.8, 4) is 0 Å². The Bertz CT molecular complexity index is 465. The van der Waals surface area contributed by atoms with Gasteiger partial charge in [-0.3, -0.25) is 14.5 Å². The van der Waals surface area contributed by atoms with Gasteiger partial charge in [0.1, 0.15) is 5.82 Å². The molecule has 104 valence electrons. The summed E-state index contributed by atoms with van der Waals surface area (Å²) in [6.45, 7) is 1.89. The van der Waals surface area contributed by atoms with Gasteiger partial charge in [0.15, 0.2) is 0 Å². The van der Waals surface area contributed by atoms with Crippen LogP contribution in [0.25, 0.3) is 0 Å². The van der Waals surface area contributed by atoms with Crippen molar-refractivity contribution < 1.29 is 19.1 Å². The third-order valence-electron chi connectivity index (χ3n) is 2.53. The van der Waals surface area contributed by atoms with Gasteiger partial charge in [-0.1, -0.05) is 13.0 Å². The van der Waals surface area contributed by atoms with Crippen LogP contribution in [0.2, 0.25) is 0 Å². The van der Waals surface area contributed by atoms with E-state index in [9.17, 15) is 14.0 Å². The number of carboxylic acids is 1. The van der Waals surface area contributed by atoms with Crippen LogP contribution < -0.4 is 5.32 Å². The first-order valence-electron chi connectivity index (χ1n) is 5.85. The quantitative estimate of drug-likeness (QED) is 0.818. The monoisotopic (exact) mass is 268 g/mol. The van der Waals surface area contributed by atoms with Gasteiger partial charge in [-0.05, 0) is 25.2 Å². The number of carboxylic acid groups (broad SMARTS) is 1. The Morgan fingerprint density at radius 1 is 1.47 bits per heavy atom. The number of amides is 1. The van der Waals surface area contributed by atoms with Gasteiger partial charge in [-0.25, -0.2) is 4.39 Å². The van der Waals surface area contributed by atoms with E-state index in [4.69, 9.17) is 5.11 Å². The lowest BCUT2D eigenvalue weighted by Crippen LogP contribution is -2.35. The molecule has 0 radical (unpaired) electrons. The van der Waals surface area contributed by atoms with Crippen LogP contribution in [-0.4, -0.2) is 42.0 Å². The molecule has 0 aromatic heterocycles. The van der Waals surface area contributed by atoms with Gasteiger partial charge in [0.25, 0.3) is 0 Å². The van der Waals surface area contributed by atoms with E-state index in [0.717, 1.165) is 0 Å². The Hall–Kier alpha value is -1.95. The number of hydrogen-bond acceptors (Lipinski definition) is 3. The number of carbonyl (C=O) groups excluding carboxylic acids is 1. The topological polar surface area (TPSA) is 69.6 Å². The number of nitrogens with one attached hydrogen (secondary N) is 1. The fourth-order valence-corrected chi connectivity index (χ4v) is 1.62. The maximum absolute atomic E-state index is 12.9. The fourth-order valence-electron chi connectivity index (χ4n) is 1.62. The number of rotatable bonds is 6. The number of nitrogens with zero attached hydrogens (tertiary/aromatic N) is 1. The zero-order chi connectivity index (χ0) is 14.4. The van der Waals surface area contributed by atoms with Gasteiger partial charge in [-0.2, -0.15) is 0 Å². The highest BCUT2D eigenvalue weighted by Gasteiger charge is 2.15. The van der Waals surface area contributed by atoms with E-state index in [1.165, 1.54) is 18.2 Å². The molecule has 0 spiro atoms. The van der Waals surface area contributed by atoms with E-state index in [0.29, 0.717) is 5.69 Å². The summed E-state index contributed by atoms with van der Waals surface area (Å²) in [5.74, 6) is -2.19. The van der Waals surface area contributed by atoms with Crippen molar-refractivity contribution in [3.63, 3.8) is 0 Å². The minimum absolute atomic E-state index is 0.0497.